The lowest BCUT2D eigenvalue weighted by molar-refractivity contribution is 0.0734. The van der Waals surface area contributed by atoms with E-state index in [1.54, 1.807) is 24.3 Å². The molecule has 3 aromatic rings. The Hall–Kier alpha value is -3.04. The lowest BCUT2D eigenvalue weighted by atomic mass is 10.2. The Kier molecular flexibility index (Phi) is 4.83. The van der Waals surface area contributed by atoms with Crippen LogP contribution in [0, 0.1) is 0 Å². The van der Waals surface area contributed by atoms with Gasteiger partial charge in [0.15, 0.2) is 0 Å². The molecule has 0 aliphatic rings. The molecule has 0 spiro atoms. The molecule has 1 aromatic heterocycles. The summed E-state index contributed by atoms with van der Waals surface area (Å²) in [4.78, 5) is 12.3. The summed E-state index contributed by atoms with van der Waals surface area (Å²) in [7, 11) is -0.663. The van der Waals surface area contributed by atoms with Crippen molar-refractivity contribution in [2.75, 3.05) is 14.1 Å². The SMILES string of the molecule is CN(C)S(=O)(=O)c1ccc(C(=O)Oc2ccc(-c3nnco3)cc2)cc1. The van der Waals surface area contributed by atoms with Crippen LogP contribution in [-0.2, 0) is 10.0 Å². The molecule has 1 heterocycles. The van der Waals surface area contributed by atoms with E-state index in [2.05, 4.69) is 10.2 Å². The Bertz CT molecular complexity index is 996. The van der Waals surface area contributed by atoms with Crippen molar-refractivity contribution in [1.82, 2.24) is 14.5 Å². The van der Waals surface area contributed by atoms with Crippen molar-refractivity contribution in [3.05, 3.63) is 60.5 Å². The highest BCUT2D eigenvalue weighted by Gasteiger charge is 2.18. The van der Waals surface area contributed by atoms with Gasteiger partial charge >= 0.3 is 5.97 Å². The molecule has 0 fully saturated rings. The molecule has 0 saturated heterocycles. The van der Waals surface area contributed by atoms with Gasteiger partial charge in [-0.1, -0.05) is 0 Å². The summed E-state index contributed by atoms with van der Waals surface area (Å²) in [5, 5.41) is 7.38. The zero-order valence-corrected chi connectivity index (χ0v) is 14.8. The first-order valence-electron chi connectivity index (χ1n) is 7.49. The smallest absolute Gasteiger partial charge is 0.343 e. The van der Waals surface area contributed by atoms with Crippen molar-refractivity contribution < 1.29 is 22.4 Å². The molecule has 0 radical (unpaired) electrons. The maximum atomic E-state index is 12.2. The fourth-order valence-corrected chi connectivity index (χ4v) is 3.01. The standard InChI is InChI=1S/C17H15N3O5S/c1-20(2)26(22,23)15-9-5-13(6-10-15)17(21)25-14-7-3-12(4-8-14)16-19-18-11-24-16/h3-11H,1-2H3. The van der Waals surface area contributed by atoms with Crippen LogP contribution in [0.2, 0.25) is 0 Å². The number of benzene rings is 2. The number of carbonyl (C=O) groups is 1. The minimum Gasteiger partial charge on any atom is -0.423 e. The molecule has 0 unspecified atom stereocenters. The van der Waals surface area contributed by atoms with Crippen molar-refractivity contribution in [3.8, 4) is 17.2 Å². The normalized spacial score (nSPS) is 11.5. The van der Waals surface area contributed by atoms with Crippen LogP contribution >= 0.6 is 0 Å². The maximum Gasteiger partial charge on any atom is 0.343 e. The van der Waals surface area contributed by atoms with Crippen molar-refractivity contribution in [1.29, 1.82) is 0 Å². The van der Waals surface area contributed by atoms with E-state index >= 15 is 0 Å². The van der Waals surface area contributed by atoms with E-state index in [9.17, 15) is 13.2 Å². The minimum absolute atomic E-state index is 0.1000. The number of hydrogen-bond donors (Lipinski definition) is 0. The Morgan fingerprint density at radius 3 is 2.23 bits per heavy atom. The van der Waals surface area contributed by atoms with Crippen molar-refractivity contribution in [2.45, 2.75) is 4.90 Å². The number of carbonyl (C=O) groups excluding carboxylic acids is 1. The molecule has 0 saturated carbocycles. The highest BCUT2D eigenvalue weighted by atomic mass is 32.2. The number of esters is 1. The third-order valence-electron chi connectivity index (χ3n) is 3.54. The van der Waals surface area contributed by atoms with E-state index in [1.165, 1.54) is 44.8 Å². The molecular weight excluding hydrogens is 358 g/mol. The van der Waals surface area contributed by atoms with Gasteiger partial charge < -0.3 is 9.15 Å². The van der Waals surface area contributed by atoms with E-state index in [0.717, 1.165) is 4.31 Å². The van der Waals surface area contributed by atoms with Crippen LogP contribution in [0.4, 0.5) is 0 Å². The van der Waals surface area contributed by atoms with Crippen LogP contribution in [0.1, 0.15) is 10.4 Å². The van der Waals surface area contributed by atoms with Crippen molar-refractivity contribution in [2.24, 2.45) is 0 Å². The maximum absolute atomic E-state index is 12.2. The first-order valence-corrected chi connectivity index (χ1v) is 8.93. The molecule has 26 heavy (non-hydrogen) atoms. The van der Waals surface area contributed by atoms with Gasteiger partial charge in [-0.3, -0.25) is 0 Å². The Morgan fingerprint density at radius 1 is 1.04 bits per heavy atom. The van der Waals surface area contributed by atoms with Crippen LogP contribution in [0.5, 0.6) is 5.75 Å². The average Bonchev–Trinajstić information content (AvgIpc) is 3.17. The average molecular weight is 373 g/mol. The van der Waals surface area contributed by atoms with Gasteiger partial charge in [0.05, 0.1) is 10.5 Å². The van der Waals surface area contributed by atoms with Gasteiger partial charge in [-0.25, -0.2) is 17.5 Å². The Labute approximate surface area is 150 Å². The summed E-state index contributed by atoms with van der Waals surface area (Å²) in [5.41, 5.74) is 0.934. The fourth-order valence-electron chi connectivity index (χ4n) is 2.10. The zero-order valence-electron chi connectivity index (χ0n) is 14.0. The van der Waals surface area contributed by atoms with Crippen LogP contribution in [0.15, 0.2) is 64.2 Å². The topological polar surface area (TPSA) is 103 Å². The summed E-state index contributed by atoms with van der Waals surface area (Å²) in [5.74, 6) is 0.105. The van der Waals surface area contributed by atoms with Crippen LogP contribution < -0.4 is 4.74 Å². The second-order valence-corrected chi connectivity index (χ2v) is 7.62. The molecule has 0 aliphatic carbocycles. The third kappa shape index (κ3) is 3.63. The van der Waals surface area contributed by atoms with Gasteiger partial charge in [0.25, 0.3) is 0 Å². The highest BCUT2D eigenvalue weighted by molar-refractivity contribution is 7.89. The zero-order chi connectivity index (χ0) is 18.7. The van der Waals surface area contributed by atoms with E-state index in [-0.39, 0.29) is 10.5 Å². The lowest BCUT2D eigenvalue weighted by Crippen LogP contribution is -2.22. The first-order chi connectivity index (χ1) is 12.4. The van der Waals surface area contributed by atoms with Crippen molar-refractivity contribution >= 4 is 16.0 Å². The molecular formula is C17H15N3O5S. The summed E-state index contributed by atoms with van der Waals surface area (Å²) >= 11 is 0. The Morgan fingerprint density at radius 2 is 1.69 bits per heavy atom. The number of sulfonamides is 1. The first kappa shape index (κ1) is 17.8. The second-order valence-electron chi connectivity index (χ2n) is 5.47. The van der Waals surface area contributed by atoms with E-state index in [4.69, 9.17) is 9.15 Å². The molecule has 0 N–H and O–H groups in total. The second kappa shape index (κ2) is 7.06. The highest BCUT2D eigenvalue weighted by Crippen LogP contribution is 2.21. The molecule has 8 nitrogen and oxygen atoms in total. The molecule has 3 rings (SSSR count). The molecule has 0 bridgehead atoms. The molecule has 0 aliphatic heterocycles. The fraction of sp³-hybridized carbons (Fsp3) is 0.118. The largest absolute Gasteiger partial charge is 0.423 e. The van der Waals surface area contributed by atoms with Gasteiger partial charge in [-0.15, -0.1) is 10.2 Å². The van der Waals surface area contributed by atoms with Crippen LogP contribution in [0.25, 0.3) is 11.5 Å². The van der Waals surface area contributed by atoms with Gasteiger partial charge in [-0.2, -0.15) is 0 Å². The number of aromatic nitrogens is 2. The molecule has 2 aromatic carbocycles. The molecule has 134 valence electrons. The van der Waals surface area contributed by atoms with Gasteiger partial charge in [0.2, 0.25) is 22.3 Å². The predicted octanol–water partition coefficient (Wildman–Crippen LogP) is 2.21. The third-order valence-corrected chi connectivity index (χ3v) is 5.37. The van der Waals surface area contributed by atoms with Gasteiger partial charge in [0, 0.05) is 19.7 Å². The molecule has 0 amide bonds. The monoisotopic (exact) mass is 373 g/mol. The van der Waals surface area contributed by atoms with E-state index in [1.807, 2.05) is 0 Å². The summed E-state index contributed by atoms with van der Waals surface area (Å²) in [6.45, 7) is 0. The number of rotatable bonds is 5. The number of nitrogens with zero attached hydrogens (tertiary/aromatic N) is 3. The van der Waals surface area contributed by atoms with Crippen molar-refractivity contribution in [3.63, 3.8) is 0 Å². The summed E-state index contributed by atoms with van der Waals surface area (Å²) in [6.07, 6.45) is 1.23. The quantitative estimate of drug-likeness (QED) is 0.499. The van der Waals surface area contributed by atoms with Crippen LogP contribution in [0.3, 0.4) is 0 Å². The summed E-state index contributed by atoms with van der Waals surface area (Å²) in [6, 6.07) is 12.1. The molecule has 0 atom stereocenters. The van der Waals surface area contributed by atoms with Crippen LogP contribution in [-0.4, -0.2) is 43.0 Å². The van der Waals surface area contributed by atoms with E-state index in [0.29, 0.717) is 17.2 Å². The van der Waals surface area contributed by atoms with Gasteiger partial charge in [-0.05, 0) is 48.5 Å². The van der Waals surface area contributed by atoms with E-state index < -0.39 is 16.0 Å². The molecule has 9 heteroatoms. The van der Waals surface area contributed by atoms with Gasteiger partial charge in [0.1, 0.15) is 5.75 Å². The minimum atomic E-state index is -3.54. The lowest BCUT2D eigenvalue weighted by Gasteiger charge is -2.11. The Balaban J connectivity index is 1.72. The predicted molar refractivity (Wildman–Crippen MR) is 92.0 cm³/mol. The number of hydrogen-bond acceptors (Lipinski definition) is 7. The summed E-state index contributed by atoms with van der Waals surface area (Å²) < 4.78 is 35.5. The number of ether oxygens (including phenoxy) is 1.